The molecular weight excluding hydrogens is 256 g/mol. The Labute approximate surface area is 97.8 Å². The molecule has 0 bridgehead atoms. The lowest BCUT2D eigenvalue weighted by molar-refractivity contribution is 0.308. The molecule has 0 spiro atoms. The second kappa shape index (κ2) is 3.34. The number of rotatable bonds is 3. The Morgan fingerprint density at radius 2 is 2.21 bits per heavy atom. The van der Waals surface area contributed by atoms with Gasteiger partial charge in [-0.2, -0.15) is 11.3 Å². The van der Waals surface area contributed by atoms with E-state index in [9.17, 15) is 0 Å². The van der Waals surface area contributed by atoms with Crippen LogP contribution in [0.4, 0.5) is 0 Å². The zero-order valence-corrected chi connectivity index (χ0v) is 10.6. The number of hydrogen-bond acceptors (Lipinski definition) is 1. The van der Waals surface area contributed by atoms with Crippen molar-refractivity contribution in [2.45, 2.75) is 25.7 Å². The average molecular weight is 271 g/mol. The third-order valence-corrected chi connectivity index (χ3v) is 5.82. The molecule has 1 aromatic rings. The van der Waals surface area contributed by atoms with E-state index in [-0.39, 0.29) is 0 Å². The smallest absolute Gasteiger partial charge is 0.00913 e. The maximum absolute atomic E-state index is 3.73. The molecule has 76 valence electrons. The normalized spacial score (nSPS) is 39.8. The molecule has 0 N–H and O–H groups in total. The molecule has 2 saturated carbocycles. The minimum absolute atomic E-state index is 0.606. The van der Waals surface area contributed by atoms with Gasteiger partial charge in [-0.3, -0.25) is 0 Å². The highest BCUT2D eigenvalue weighted by Crippen LogP contribution is 2.61. The fourth-order valence-electron chi connectivity index (χ4n) is 3.13. The van der Waals surface area contributed by atoms with Crippen molar-refractivity contribution in [3.05, 3.63) is 22.4 Å². The van der Waals surface area contributed by atoms with Gasteiger partial charge in [-0.25, -0.2) is 0 Å². The summed E-state index contributed by atoms with van der Waals surface area (Å²) in [4.78, 5) is 0. The number of fused-ring (bicyclic) bond motifs is 1. The van der Waals surface area contributed by atoms with E-state index in [2.05, 4.69) is 32.8 Å². The standard InChI is InChI=1S/C12H15BrS/c13-8-12(4-9-1-2-14-7-9)5-10-3-11(10)6-12/h1-2,7,10-11H,3-6,8H2. The van der Waals surface area contributed by atoms with E-state index in [1.54, 1.807) is 5.56 Å². The maximum atomic E-state index is 3.73. The highest BCUT2D eigenvalue weighted by Gasteiger charge is 2.52. The van der Waals surface area contributed by atoms with Crippen LogP contribution in [0.25, 0.3) is 0 Å². The number of alkyl halides is 1. The SMILES string of the molecule is BrCC1(Cc2ccsc2)CC2CC2C1. The quantitative estimate of drug-likeness (QED) is 0.726. The van der Waals surface area contributed by atoms with Crippen molar-refractivity contribution < 1.29 is 0 Å². The van der Waals surface area contributed by atoms with Crippen LogP contribution in [0.3, 0.4) is 0 Å². The van der Waals surface area contributed by atoms with Gasteiger partial charge in [0.25, 0.3) is 0 Å². The fraction of sp³-hybridized carbons (Fsp3) is 0.667. The van der Waals surface area contributed by atoms with Crippen LogP contribution in [-0.2, 0) is 6.42 Å². The van der Waals surface area contributed by atoms with E-state index in [4.69, 9.17) is 0 Å². The largest absolute Gasteiger partial charge is 0.152 e. The number of hydrogen-bond donors (Lipinski definition) is 0. The maximum Gasteiger partial charge on any atom is 0.00913 e. The summed E-state index contributed by atoms with van der Waals surface area (Å²) in [7, 11) is 0. The van der Waals surface area contributed by atoms with E-state index in [0.717, 1.165) is 11.8 Å². The van der Waals surface area contributed by atoms with Gasteiger partial charge in [0.15, 0.2) is 0 Å². The van der Waals surface area contributed by atoms with Crippen LogP contribution in [0.5, 0.6) is 0 Å². The molecule has 0 amide bonds. The molecule has 2 aliphatic carbocycles. The molecule has 0 aliphatic heterocycles. The van der Waals surface area contributed by atoms with Gasteiger partial charge in [-0.05, 0) is 65.3 Å². The Morgan fingerprint density at radius 3 is 2.79 bits per heavy atom. The van der Waals surface area contributed by atoms with Gasteiger partial charge < -0.3 is 0 Å². The first-order valence-corrected chi connectivity index (χ1v) is 7.45. The Morgan fingerprint density at radius 1 is 1.43 bits per heavy atom. The first-order valence-electron chi connectivity index (χ1n) is 5.38. The van der Waals surface area contributed by atoms with Crippen molar-refractivity contribution in [3.8, 4) is 0 Å². The van der Waals surface area contributed by atoms with E-state index >= 15 is 0 Å². The first-order chi connectivity index (χ1) is 6.81. The van der Waals surface area contributed by atoms with Gasteiger partial charge in [0.05, 0.1) is 0 Å². The summed E-state index contributed by atoms with van der Waals surface area (Å²) < 4.78 is 0. The summed E-state index contributed by atoms with van der Waals surface area (Å²) in [5.74, 6) is 2.18. The molecule has 14 heavy (non-hydrogen) atoms. The predicted octanol–water partition coefficient (Wildman–Crippen LogP) is 4.10. The molecule has 0 nitrogen and oxygen atoms in total. The molecule has 0 aromatic carbocycles. The third kappa shape index (κ3) is 1.57. The van der Waals surface area contributed by atoms with Gasteiger partial charge in [0.1, 0.15) is 0 Å². The van der Waals surface area contributed by atoms with Crippen molar-refractivity contribution in [1.29, 1.82) is 0 Å². The van der Waals surface area contributed by atoms with Crippen LogP contribution >= 0.6 is 27.3 Å². The lowest BCUT2D eigenvalue weighted by Gasteiger charge is -2.28. The first kappa shape index (κ1) is 9.41. The topological polar surface area (TPSA) is 0 Å². The molecule has 2 aliphatic rings. The van der Waals surface area contributed by atoms with Gasteiger partial charge in [0, 0.05) is 5.33 Å². The molecule has 1 aromatic heterocycles. The van der Waals surface area contributed by atoms with Crippen LogP contribution in [0.2, 0.25) is 0 Å². The Kier molecular flexibility index (Phi) is 2.25. The lowest BCUT2D eigenvalue weighted by Crippen LogP contribution is -2.23. The van der Waals surface area contributed by atoms with Crippen LogP contribution < -0.4 is 0 Å². The zero-order chi connectivity index (χ0) is 9.60. The summed E-state index contributed by atoms with van der Waals surface area (Å²) in [6, 6.07) is 2.29. The Balaban J connectivity index is 1.75. The van der Waals surface area contributed by atoms with E-state index in [1.165, 1.54) is 31.0 Å². The van der Waals surface area contributed by atoms with E-state index < -0.39 is 0 Å². The molecule has 0 saturated heterocycles. The molecule has 3 rings (SSSR count). The van der Waals surface area contributed by atoms with Crippen LogP contribution in [-0.4, -0.2) is 5.33 Å². The molecule has 1 heterocycles. The Bertz CT molecular complexity index is 307. The minimum Gasteiger partial charge on any atom is -0.152 e. The Hall–Kier alpha value is 0.180. The van der Waals surface area contributed by atoms with E-state index in [0.29, 0.717) is 5.41 Å². The van der Waals surface area contributed by atoms with Crippen molar-refractivity contribution in [3.63, 3.8) is 0 Å². The average Bonchev–Trinajstić information content (AvgIpc) is 2.68. The fourth-order valence-corrected chi connectivity index (χ4v) is 4.46. The van der Waals surface area contributed by atoms with E-state index in [1.807, 2.05) is 11.3 Å². The van der Waals surface area contributed by atoms with Gasteiger partial charge in [-0.1, -0.05) is 15.9 Å². The van der Waals surface area contributed by atoms with Crippen LogP contribution in [0, 0.1) is 17.3 Å². The molecule has 0 radical (unpaired) electrons. The second-order valence-electron chi connectivity index (χ2n) is 5.11. The van der Waals surface area contributed by atoms with Crippen molar-refractivity contribution in [2.24, 2.45) is 17.3 Å². The number of halogens is 1. The van der Waals surface area contributed by atoms with Crippen molar-refractivity contribution in [1.82, 2.24) is 0 Å². The zero-order valence-electron chi connectivity index (χ0n) is 8.21. The summed E-state index contributed by atoms with van der Waals surface area (Å²) in [6.07, 6.45) is 5.77. The summed E-state index contributed by atoms with van der Waals surface area (Å²) in [5, 5.41) is 5.71. The molecule has 2 heteroatoms. The third-order valence-electron chi connectivity index (χ3n) is 3.90. The summed E-state index contributed by atoms with van der Waals surface area (Å²) >= 11 is 5.56. The molecule has 2 unspecified atom stereocenters. The monoisotopic (exact) mass is 270 g/mol. The van der Waals surface area contributed by atoms with Gasteiger partial charge >= 0.3 is 0 Å². The highest BCUT2D eigenvalue weighted by molar-refractivity contribution is 9.09. The van der Waals surface area contributed by atoms with Crippen molar-refractivity contribution in [2.75, 3.05) is 5.33 Å². The van der Waals surface area contributed by atoms with Crippen molar-refractivity contribution >= 4 is 27.3 Å². The summed E-state index contributed by atoms with van der Waals surface area (Å²) in [6.45, 7) is 0. The van der Waals surface area contributed by atoms with Crippen LogP contribution in [0.15, 0.2) is 16.8 Å². The molecule has 2 fully saturated rings. The second-order valence-corrected chi connectivity index (χ2v) is 6.45. The van der Waals surface area contributed by atoms with Gasteiger partial charge in [0.2, 0.25) is 0 Å². The summed E-state index contributed by atoms with van der Waals surface area (Å²) in [5.41, 5.74) is 2.16. The van der Waals surface area contributed by atoms with Gasteiger partial charge in [-0.15, -0.1) is 0 Å². The minimum atomic E-state index is 0.606. The van der Waals surface area contributed by atoms with Crippen LogP contribution in [0.1, 0.15) is 24.8 Å². The lowest BCUT2D eigenvalue weighted by atomic mass is 9.80. The molecular formula is C12H15BrS. The highest BCUT2D eigenvalue weighted by atomic mass is 79.9. The predicted molar refractivity (Wildman–Crippen MR) is 65.1 cm³/mol. The molecule has 2 atom stereocenters. The number of thiophene rings is 1.